The molecule has 2 aromatic carbocycles. The van der Waals surface area contributed by atoms with Crippen LogP contribution < -0.4 is 10.2 Å². The van der Waals surface area contributed by atoms with Gasteiger partial charge in [-0.25, -0.2) is 4.39 Å². The number of nitrogens with one attached hydrogen (secondary N) is 1. The Morgan fingerprint density at radius 1 is 1.10 bits per heavy atom. The summed E-state index contributed by atoms with van der Waals surface area (Å²) in [6, 6.07) is 16.0. The van der Waals surface area contributed by atoms with Crippen LogP contribution in [0.5, 0.6) is 0 Å². The fourth-order valence-electron chi connectivity index (χ4n) is 4.01. The quantitative estimate of drug-likeness (QED) is 0.715. The molecule has 1 aromatic heterocycles. The van der Waals surface area contributed by atoms with Gasteiger partial charge in [-0.05, 0) is 42.8 Å². The number of amides is 1. The molecule has 1 aliphatic heterocycles. The number of rotatable bonds is 5. The van der Waals surface area contributed by atoms with Crippen LogP contribution in [0, 0.1) is 5.82 Å². The van der Waals surface area contributed by atoms with Gasteiger partial charge in [0.2, 0.25) is 5.91 Å². The second kappa shape index (κ2) is 8.57. The number of fused-ring (bicyclic) bond motifs is 1. The summed E-state index contributed by atoms with van der Waals surface area (Å²) < 4.78 is 13.8. The minimum absolute atomic E-state index is 0.0311. The zero-order valence-corrected chi connectivity index (χ0v) is 16.5. The number of piperazine rings is 1. The molecule has 4 rings (SSSR count). The third-order valence-corrected chi connectivity index (χ3v) is 5.51. The van der Waals surface area contributed by atoms with E-state index < -0.39 is 0 Å². The monoisotopic (exact) mass is 392 g/mol. The van der Waals surface area contributed by atoms with Crippen molar-refractivity contribution in [3.63, 3.8) is 0 Å². The molecule has 1 amide bonds. The molecule has 1 fully saturated rings. The van der Waals surface area contributed by atoms with E-state index >= 15 is 0 Å². The van der Waals surface area contributed by atoms with Crippen molar-refractivity contribution in [2.24, 2.45) is 0 Å². The molecule has 0 bridgehead atoms. The molecule has 5 nitrogen and oxygen atoms in total. The van der Waals surface area contributed by atoms with Gasteiger partial charge in [-0.3, -0.25) is 14.7 Å². The largest absolute Gasteiger partial charge is 0.368 e. The van der Waals surface area contributed by atoms with Gasteiger partial charge in [0.1, 0.15) is 5.82 Å². The predicted molar refractivity (Wildman–Crippen MR) is 115 cm³/mol. The standard InChI is InChI=1S/C23H25FN4O/c1-2-21(23(29)26-18-6-4-3-5-7-18)27-12-14-28(15-13-27)22-10-11-25-20-9-8-17(24)16-19(20)22/h3-11,16,21H,2,12-15H2,1H3,(H,26,29). The summed E-state index contributed by atoms with van der Waals surface area (Å²) in [5.74, 6) is -0.224. The number of para-hydroxylation sites is 1. The number of hydrogen-bond donors (Lipinski definition) is 1. The van der Waals surface area contributed by atoms with Gasteiger partial charge < -0.3 is 10.2 Å². The average molecular weight is 392 g/mol. The summed E-state index contributed by atoms with van der Waals surface area (Å²) in [5.41, 5.74) is 2.61. The predicted octanol–water partition coefficient (Wildman–Crippen LogP) is 3.91. The number of carbonyl (C=O) groups excluding carboxylic acids is 1. The number of pyridine rings is 1. The third-order valence-electron chi connectivity index (χ3n) is 5.51. The lowest BCUT2D eigenvalue weighted by Crippen LogP contribution is -2.53. The van der Waals surface area contributed by atoms with Gasteiger partial charge in [0, 0.05) is 49.1 Å². The van der Waals surface area contributed by atoms with E-state index in [1.165, 1.54) is 6.07 Å². The van der Waals surface area contributed by atoms with Crippen LogP contribution in [-0.4, -0.2) is 48.0 Å². The van der Waals surface area contributed by atoms with Gasteiger partial charge in [0.25, 0.3) is 0 Å². The fourth-order valence-corrected chi connectivity index (χ4v) is 4.01. The topological polar surface area (TPSA) is 48.5 Å². The molecule has 1 atom stereocenters. The van der Waals surface area contributed by atoms with Crippen molar-refractivity contribution in [3.8, 4) is 0 Å². The Balaban J connectivity index is 1.45. The molecular formula is C23H25FN4O. The maximum Gasteiger partial charge on any atom is 0.241 e. The van der Waals surface area contributed by atoms with Crippen LogP contribution >= 0.6 is 0 Å². The van der Waals surface area contributed by atoms with Gasteiger partial charge in [-0.2, -0.15) is 0 Å². The van der Waals surface area contributed by atoms with Crippen LogP contribution in [0.15, 0.2) is 60.8 Å². The molecule has 1 aliphatic rings. The lowest BCUT2D eigenvalue weighted by atomic mass is 10.1. The van der Waals surface area contributed by atoms with Crippen LogP contribution in [0.1, 0.15) is 13.3 Å². The van der Waals surface area contributed by atoms with Crippen molar-refractivity contribution in [2.45, 2.75) is 19.4 Å². The number of carbonyl (C=O) groups is 1. The molecule has 6 heteroatoms. The summed E-state index contributed by atoms with van der Waals surface area (Å²) in [5, 5.41) is 3.85. The highest BCUT2D eigenvalue weighted by atomic mass is 19.1. The van der Waals surface area contributed by atoms with Gasteiger partial charge in [0.15, 0.2) is 0 Å². The summed E-state index contributed by atoms with van der Waals surface area (Å²) in [6.45, 7) is 5.16. The molecule has 29 heavy (non-hydrogen) atoms. The highest BCUT2D eigenvalue weighted by molar-refractivity contribution is 5.95. The maximum absolute atomic E-state index is 13.8. The van der Waals surface area contributed by atoms with Crippen molar-refractivity contribution < 1.29 is 9.18 Å². The number of nitrogens with zero attached hydrogens (tertiary/aromatic N) is 3. The third kappa shape index (κ3) is 4.22. The Labute approximate surface area is 170 Å². The first kappa shape index (κ1) is 19.3. The molecule has 0 radical (unpaired) electrons. The highest BCUT2D eigenvalue weighted by Crippen LogP contribution is 2.27. The van der Waals surface area contributed by atoms with Crippen LogP contribution in [0.3, 0.4) is 0 Å². The number of halogens is 1. The van der Waals surface area contributed by atoms with E-state index in [9.17, 15) is 9.18 Å². The molecule has 3 aromatic rings. The Morgan fingerprint density at radius 3 is 2.59 bits per heavy atom. The molecule has 150 valence electrons. The number of anilines is 2. The smallest absolute Gasteiger partial charge is 0.241 e. The summed E-state index contributed by atoms with van der Waals surface area (Å²) >= 11 is 0. The molecule has 2 heterocycles. The van der Waals surface area contributed by atoms with Crippen LogP contribution in [-0.2, 0) is 4.79 Å². The van der Waals surface area contributed by atoms with Crippen LogP contribution in [0.2, 0.25) is 0 Å². The van der Waals surface area contributed by atoms with Gasteiger partial charge in [-0.1, -0.05) is 25.1 Å². The van der Waals surface area contributed by atoms with Crippen molar-refractivity contribution in [1.29, 1.82) is 0 Å². The molecule has 1 unspecified atom stereocenters. The highest BCUT2D eigenvalue weighted by Gasteiger charge is 2.28. The van der Waals surface area contributed by atoms with Crippen LogP contribution in [0.25, 0.3) is 10.9 Å². The van der Waals surface area contributed by atoms with Gasteiger partial charge in [-0.15, -0.1) is 0 Å². The second-order valence-electron chi connectivity index (χ2n) is 7.29. The molecular weight excluding hydrogens is 367 g/mol. The lowest BCUT2D eigenvalue weighted by Gasteiger charge is -2.39. The average Bonchev–Trinajstić information content (AvgIpc) is 2.75. The number of aromatic nitrogens is 1. The summed E-state index contributed by atoms with van der Waals surface area (Å²) in [6.07, 6.45) is 2.52. The Kier molecular flexibility index (Phi) is 5.71. The molecule has 0 saturated carbocycles. The minimum Gasteiger partial charge on any atom is -0.368 e. The minimum atomic E-state index is -0.256. The van der Waals surface area contributed by atoms with E-state index in [-0.39, 0.29) is 17.8 Å². The number of benzene rings is 2. The summed E-state index contributed by atoms with van der Waals surface area (Å²) in [7, 11) is 0. The van der Waals surface area contributed by atoms with E-state index in [1.807, 2.05) is 43.3 Å². The maximum atomic E-state index is 13.8. The van der Waals surface area contributed by atoms with Gasteiger partial charge in [0.05, 0.1) is 11.6 Å². The Morgan fingerprint density at radius 2 is 1.86 bits per heavy atom. The van der Waals surface area contributed by atoms with E-state index in [4.69, 9.17) is 0 Å². The normalized spacial score (nSPS) is 16.0. The zero-order valence-electron chi connectivity index (χ0n) is 16.5. The van der Waals surface area contributed by atoms with Crippen molar-refractivity contribution in [1.82, 2.24) is 9.88 Å². The first-order valence-electron chi connectivity index (χ1n) is 10.0. The lowest BCUT2D eigenvalue weighted by molar-refractivity contribution is -0.121. The Bertz CT molecular complexity index is 987. The number of hydrogen-bond acceptors (Lipinski definition) is 4. The molecule has 1 saturated heterocycles. The van der Waals surface area contributed by atoms with E-state index in [2.05, 4.69) is 20.1 Å². The molecule has 0 aliphatic carbocycles. The van der Waals surface area contributed by atoms with E-state index in [0.29, 0.717) is 0 Å². The zero-order chi connectivity index (χ0) is 20.2. The van der Waals surface area contributed by atoms with E-state index in [0.717, 1.165) is 54.9 Å². The first-order valence-corrected chi connectivity index (χ1v) is 10.0. The summed E-state index contributed by atoms with van der Waals surface area (Å²) in [4.78, 5) is 21.6. The van der Waals surface area contributed by atoms with Gasteiger partial charge >= 0.3 is 0 Å². The molecule has 0 spiro atoms. The first-order chi connectivity index (χ1) is 14.2. The van der Waals surface area contributed by atoms with Crippen molar-refractivity contribution in [2.75, 3.05) is 36.4 Å². The Hall–Kier alpha value is -2.99. The second-order valence-corrected chi connectivity index (χ2v) is 7.29. The molecule has 1 N–H and O–H groups in total. The van der Waals surface area contributed by atoms with Crippen molar-refractivity contribution >= 4 is 28.2 Å². The SMILES string of the molecule is CCC(C(=O)Nc1ccccc1)N1CCN(c2ccnc3ccc(F)cc23)CC1. The fraction of sp³-hybridized carbons (Fsp3) is 0.304. The van der Waals surface area contributed by atoms with Crippen molar-refractivity contribution in [3.05, 3.63) is 66.6 Å². The van der Waals surface area contributed by atoms with E-state index in [1.54, 1.807) is 18.3 Å². The van der Waals surface area contributed by atoms with Crippen LogP contribution in [0.4, 0.5) is 15.8 Å².